The molecule has 0 saturated carbocycles. The second-order valence-electron chi connectivity index (χ2n) is 3.75. The van der Waals surface area contributed by atoms with Crippen LogP contribution >= 0.6 is 0 Å². The molecule has 15 heavy (non-hydrogen) atoms. The molecule has 1 aliphatic heterocycles. The summed E-state index contributed by atoms with van der Waals surface area (Å²) in [6.07, 6.45) is 1.78. The summed E-state index contributed by atoms with van der Waals surface area (Å²) < 4.78 is 5.29. The molecule has 0 atom stereocenters. The van der Waals surface area contributed by atoms with Crippen LogP contribution in [0.15, 0.2) is 6.20 Å². The van der Waals surface area contributed by atoms with Crippen LogP contribution in [0.2, 0.25) is 0 Å². The minimum absolute atomic E-state index is 0.351. The van der Waals surface area contributed by atoms with Crippen molar-refractivity contribution in [2.24, 2.45) is 0 Å². The van der Waals surface area contributed by atoms with Crippen molar-refractivity contribution in [3.63, 3.8) is 0 Å². The standard InChI is InChI=1S/C10H16N4O/c1-8-6-12-10(11)13-9(8)7-14-2-4-15-5-3-14/h6H,2-5,7H2,1H3,(H2,11,12,13). The average Bonchev–Trinajstić information content (AvgIpc) is 2.25. The molecular formula is C10H16N4O. The lowest BCUT2D eigenvalue weighted by molar-refractivity contribution is 0.0335. The van der Waals surface area contributed by atoms with Gasteiger partial charge >= 0.3 is 0 Å². The summed E-state index contributed by atoms with van der Waals surface area (Å²) in [6, 6.07) is 0. The van der Waals surface area contributed by atoms with Gasteiger partial charge in [-0.3, -0.25) is 4.90 Å². The van der Waals surface area contributed by atoms with Gasteiger partial charge in [0.25, 0.3) is 0 Å². The highest BCUT2D eigenvalue weighted by molar-refractivity contribution is 5.23. The largest absolute Gasteiger partial charge is 0.379 e. The summed E-state index contributed by atoms with van der Waals surface area (Å²) in [4.78, 5) is 10.5. The summed E-state index contributed by atoms with van der Waals surface area (Å²) in [5.74, 6) is 0.351. The smallest absolute Gasteiger partial charge is 0.220 e. The number of hydrogen-bond donors (Lipinski definition) is 1. The maximum atomic E-state index is 5.57. The van der Waals surface area contributed by atoms with Gasteiger partial charge in [0.1, 0.15) is 0 Å². The molecule has 2 N–H and O–H groups in total. The van der Waals surface area contributed by atoms with Crippen molar-refractivity contribution in [1.29, 1.82) is 0 Å². The van der Waals surface area contributed by atoms with Crippen molar-refractivity contribution in [3.05, 3.63) is 17.5 Å². The van der Waals surface area contributed by atoms with Crippen LogP contribution in [-0.2, 0) is 11.3 Å². The van der Waals surface area contributed by atoms with Crippen molar-refractivity contribution >= 4 is 5.95 Å². The van der Waals surface area contributed by atoms with Gasteiger partial charge < -0.3 is 10.5 Å². The maximum absolute atomic E-state index is 5.57. The number of rotatable bonds is 2. The third-order valence-electron chi connectivity index (χ3n) is 2.57. The van der Waals surface area contributed by atoms with E-state index < -0.39 is 0 Å². The molecule has 82 valence electrons. The molecule has 0 radical (unpaired) electrons. The van der Waals surface area contributed by atoms with Crippen molar-refractivity contribution in [2.45, 2.75) is 13.5 Å². The lowest BCUT2D eigenvalue weighted by Gasteiger charge is -2.26. The van der Waals surface area contributed by atoms with E-state index in [-0.39, 0.29) is 0 Å². The zero-order valence-electron chi connectivity index (χ0n) is 8.94. The van der Waals surface area contributed by atoms with Gasteiger partial charge in [0.05, 0.1) is 18.9 Å². The van der Waals surface area contributed by atoms with E-state index in [2.05, 4.69) is 14.9 Å². The Balaban J connectivity index is 2.05. The van der Waals surface area contributed by atoms with Crippen LogP contribution in [0, 0.1) is 6.92 Å². The number of nitrogens with two attached hydrogens (primary N) is 1. The van der Waals surface area contributed by atoms with E-state index in [1.54, 1.807) is 6.20 Å². The zero-order chi connectivity index (χ0) is 10.7. The van der Waals surface area contributed by atoms with E-state index in [0.717, 1.165) is 44.1 Å². The predicted molar refractivity (Wildman–Crippen MR) is 57.3 cm³/mol. The Morgan fingerprint density at radius 2 is 2.20 bits per heavy atom. The van der Waals surface area contributed by atoms with Gasteiger partial charge in [-0.2, -0.15) is 0 Å². The lowest BCUT2D eigenvalue weighted by Crippen LogP contribution is -2.36. The molecule has 1 aliphatic rings. The fraction of sp³-hybridized carbons (Fsp3) is 0.600. The van der Waals surface area contributed by atoms with Crippen LogP contribution in [0.25, 0.3) is 0 Å². The first-order valence-corrected chi connectivity index (χ1v) is 5.14. The molecular weight excluding hydrogens is 192 g/mol. The van der Waals surface area contributed by atoms with Crippen molar-refractivity contribution in [1.82, 2.24) is 14.9 Å². The highest BCUT2D eigenvalue weighted by Crippen LogP contribution is 2.09. The summed E-state index contributed by atoms with van der Waals surface area (Å²) in [6.45, 7) is 6.38. The average molecular weight is 208 g/mol. The van der Waals surface area contributed by atoms with Crippen LogP contribution in [0.3, 0.4) is 0 Å². The van der Waals surface area contributed by atoms with E-state index in [4.69, 9.17) is 10.5 Å². The molecule has 1 aromatic rings. The molecule has 0 unspecified atom stereocenters. The highest BCUT2D eigenvalue weighted by Gasteiger charge is 2.12. The molecule has 0 aromatic carbocycles. The summed E-state index contributed by atoms with van der Waals surface area (Å²) in [7, 11) is 0. The molecule has 1 fully saturated rings. The molecule has 0 spiro atoms. The Hall–Kier alpha value is -1.20. The number of aryl methyl sites for hydroxylation is 1. The van der Waals surface area contributed by atoms with Gasteiger partial charge in [-0.25, -0.2) is 9.97 Å². The third kappa shape index (κ3) is 2.64. The summed E-state index contributed by atoms with van der Waals surface area (Å²) in [5.41, 5.74) is 7.68. The van der Waals surface area contributed by atoms with Gasteiger partial charge in [-0.05, 0) is 12.5 Å². The number of hydrogen-bond acceptors (Lipinski definition) is 5. The van der Waals surface area contributed by atoms with Crippen LogP contribution in [-0.4, -0.2) is 41.2 Å². The number of morpholine rings is 1. The van der Waals surface area contributed by atoms with Crippen LogP contribution in [0.1, 0.15) is 11.3 Å². The van der Waals surface area contributed by atoms with Crippen LogP contribution < -0.4 is 5.73 Å². The van der Waals surface area contributed by atoms with Gasteiger partial charge in [0.2, 0.25) is 5.95 Å². The Kier molecular flexibility index (Phi) is 3.13. The third-order valence-corrected chi connectivity index (χ3v) is 2.57. The number of ether oxygens (including phenoxy) is 1. The van der Waals surface area contributed by atoms with Crippen molar-refractivity contribution in [3.8, 4) is 0 Å². The Morgan fingerprint density at radius 1 is 1.47 bits per heavy atom. The molecule has 5 heteroatoms. The van der Waals surface area contributed by atoms with Crippen LogP contribution in [0.5, 0.6) is 0 Å². The Morgan fingerprint density at radius 3 is 2.93 bits per heavy atom. The van der Waals surface area contributed by atoms with E-state index in [0.29, 0.717) is 5.95 Å². The number of anilines is 1. The van der Waals surface area contributed by atoms with Gasteiger partial charge in [-0.1, -0.05) is 0 Å². The van der Waals surface area contributed by atoms with Crippen molar-refractivity contribution in [2.75, 3.05) is 32.0 Å². The molecule has 2 heterocycles. The maximum Gasteiger partial charge on any atom is 0.220 e. The molecule has 0 bridgehead atoms. The number of nitrogen functional groups attached to an aromatic ring is 1. The molecule has 2 rings (SSSR count). The van der Waals surface area contributed by atoms with E-state index in [1.807, 2.05) is 6.92 Å². The topological polar surface area (TPSA) is 64.3 Å². The normalized spacial score (nSPS) is 17.9. The number of aromatic nitrogens is 2. The molecule has 1 aromatic heterocycles. The van der Waals surface area contributed by atoms with Gasteiger partial charge in [-0.15, -0.1) is 0 Å². The van der Waals surface area contributed by atoms with Gasteiger partial charge in [0, 0.05) is 25.8 Å². The molecule has 5 nitrogen and oxygen atoms in total. The Bertz CT molecular complexity index is 336. The second-order valence-corrected chi connectivity index (χ2v) is 3.75. The van der Waals surface area contributed by atoms with Crippen LogP contribution in [0.4, 0.5) is 5.95 Å². The van der Waals surface area contributed by atoms with E-state index in [9.17, 15) is 0 Å². The molecule has 0 aliphatic carbocycles. The van der Waals surface area contributed by atoms with E-state index >= 15 is 0 Å². The van der Waals surface area contributed by atoms with Gasteiger partial charge in [0.15, 0.2) is 0 Å². The first kappa shape index (κ1) is 10.3. The Labute approximate surface area is 89.3 Å². The van der Waals surface area contributed by atoms with E-state index in [1.165, 1.54) is 0 Å². The highest BCUT2D eigenvalue weighted by atomic mass is 16.5. The van der Waals surface area contributed by atoms with Crippen molar-refractivity contribution < 1.29 is 4.74 Å². The fourth-order valence-corrected chi connectivity index (χ4v) is 1.62. The zero-order valence-corrected chi connectivity index (χ0v) is 8.94. The lowest BCUT2D eigenvalue weighted by atomic mass is 10.2. The minimum atomic E-state index is 0.351. The fourth-order valence-electron chi connectivity index (χ4n) is 1.62. The SMILES string of the molecule is Cc1cnc(N)nc1CN1CCOCC1. The monoisotopic (exact) mass is 208 g/mol. The quantitative estimate of drug-likeness (QED) is 0.752. The second kappa shape index (κ2) is 4.55. The first-order chi connectivity index (χ1) is 7.25. The molecule has 0 amide bonds. The first-order valence-electron chi connectivity index (χ1n) is 5.14. The molecule has 1 saturated heterocycles. The summed E-state index contributed by atoms with van der Waals surface area (Å²) >= 11 is 0. The number of nitrogens with zero attached hydrogens (tertiary/aromatic N) is 3. The minimum Gasteiger partial charge on any atom is -0.379 e. The summed E-state index contributed by atoms with van der Waals surface area (Å²) in [5, 5.41) is 0. The predicted octanol–water partition coefficient (Wildman–Crippen LogP) is 0.199.